The number of amides is 1. The first-order valence-electron chi connectivity index (χ1n) is 9.30. The molecule has 3 rings (SSSR count). The van der Waals surface area contributed by atoms with E-state index in [1.807, 2.05) is 38.2 Å². The maximum Gasteiger partial charge on any atom is 0.237 e. The van der Waals surface area contributed by atoms with Gasteiger partial charge in [0.15, 0.2) is 0 Å². The van der Waals surface area contributed by atoms with Crippen LogP contribution >= 0.6 is 0 Å². The van der Waals surface area contributed by atoms with Gasteiger partial charge in [0.05, 0.1) is 19.2 Å². The number of carbonyl (C=O) groups excluding carboxylic acids is 1. The third-order valence-corrected chi connectivity index (χ3v) is 5.34. The van der Waals surface area contributed by atoms with Crippen molar-refractivity contribution in [3.8, 4) is 5.75 Å². The van der Waals surface area contributed by atoms with Crippen LogP contribution in [0, 0.1) is 0 Å². The highest BCUT2D eigenvalue weighted by Gasteiger charge is 2.25. The zero-order valence-electron chi connectivity index (χ0n) is 15.9. The van der Waals surface area contributed by atoms with Crippen molar-refractivity contribution in [3.63, 3.8) is 0 Å². The molecule has 4 heteroatoms. The van der Waals surface area contributed by atoms with Gasteiger partial charge in [-0.15, -0.1) is 0 Å². The first-order chi connectivity index (χ1) is 12.6. The number of ether oxygens (including phenoxy) is 1. The van der Waals surface area contributed by atoms with E-state index in [2.05, 4.69) is 34.5 Å². The molecule has 1 amide bonds. The van der Waals surface area contributed by atoms with Crippen LogP contribution in [0.15, 0.2) is 48.5 Å². The summed E-state index contributed by atoms with van der Waals surface area (Å²) in [5.74, 6) is 0.928. The summed E-state index contributed by atoms with van der Waals surface area (Å²) in [6, 6.07) is 16.3. The van der Waals surface area contributed by atoms with Gasteiger partial charge < -0.3 is 10.1 Å². The quantitative estimate of drug-likeness (QED) is 0.862. The summed E-state index contributed by atoms with van der Waals surface area (Å²) in [5.41, 5.74) is 3.71. The highest BCUT2D eigenvalue weighted by Crippen LogP contribution is 2.29. The van der Waals surface area contributed by atoms with Gasteiger partial charge >= 0.3 is 0 Å². The number of carbonyl (C=O) groups is 1. The Bertz CT molecular complexity index is 759. The smallest absolute Gasteiger partial charge is 0.237 e. The number of fused-ring (bicyclic) bond motifs is 1. The van der Waals surface area contributed by atoms with Crippen molar-refractivity contribution in [2.45, 2.75) is 44.8 Å². The summed E-state index contributed by atoms with van der Waals surface area (Å²) in [5, 5.41) is 3.26. The number of nitrogens with one attached hydrogen (secondary N) is 1. The fourth-order valence-electron chi connectivity index (χ4n) is 3.64. The molecule has 1 aliphatic rings. The Labute approximate surface area is 156 Å². The van der Waals surface area contributed by atoms with Crippen molar-refractivity contribution in [2.75, 3.05) is 14.2 Å². The molecule has 0 radical (unpaired) electrons. The maximum atomic E-state index is 12.8. The predicted octanol–water partition coefficient (Wildman–Crippen LogP) is 3.71. The van der Waals surface area contributed by atoms with Gasteiger partial charge in [-0.3, -0.25) is 9.69 Å². The molecule has 26 heavy (non-hydrogen) atoms. The van der Waals surface area contributed by atoms with Crippen LogP contribution in [0.4, 0.5) is 0 Å². The van der Waals surface area contributed by atoms with Crippen molar-refractivity contribution in [2.24, 2.45) is 0 Å². The van der Waals surface area contributed by atoms with Crippen molar-refractivity contribution >= 4 is 5.91 Å². The average Bonchev–Trinajstić information content (AvgIpc) is 2.68. The Kier molecular flexibility index (Phi) is 5.94. The van der Waals surface area contributed by atoms with Gasteiger partial charge in [-0.1, -0.05) is 42.5 Å². The largest absolute Gasteiger partial charge is 0.496 e. The molecular formula is C22H28N2O2. The zero-order chi connectivity index (χ0) is 18.5. The number of nitrogens with zero attached hydrogens (tertiary/aromatic N) is 1. The van der Waals surface area contributed by atoms with E-state index in [0.717, 1.165) is 30.6 Å². The minimum atomic E-state index is -0.214. The summed E-state index contributed by atoms with van der Waals surface area (Å²) >= 11 is 0. The van der Waals surface area contributed by atoms with E-state index in [9.17, 15) is 4.79 Å². The van der Waals surface area contributed by atoms with Crippen LogP contribution in [0.2, 0.25) is 0 Å². The summed E-state index contributed by atoms with van der Waals surface area (Å²) in [6.07, 6.45) is 3.23. The molecule has 0 spiro atoms. The Hall–Kier alpha value is -2.33. The fourth-order valence-corrected chi connectivity index (χ4v) is 3.64. The number of aryl methyl sites for hydroxylation is 1. The lowest BCUT2D eigenvalue weighted by Gasteiger charge is -2.30. The lowest BCUT2D eigenvalue weighted by Crippen LogP contribution is -2.44. The molecule has 2 atom stereocenters. The molecule has 0 unspecified atom stereocenters. The third-order valence-electron chi connectivity index (χ3n) is 5.34. The minimum Gasteiger partial charge on any atom is -0.496 e. The molecular weight excluding hydrogens is 324 g/mol. The normalized spacial score (nSPS) is 17.5. The number of benzene rings is 2. The predicted molar refractivity (Wildman–Crippen MR) is 104 cm³/mol. The van der Waals surface area contributed by atoms with Crippen molar-refractivity contribution in [1.29, 1.82) is 0 Å². The van der Waals surface area contributed by atoms with Crippen LogP contribution in [0.1, 0.15) is 42.5 Å². The molecule has 0 aliphatic heterocycles. The number of hydrogen-bond acceptors (Lipinski definition) is 3. The summed E-state index contributed by atoms with van der Waals surface area (Å²) in [7, 11) is 3.65. The van der Waals surface area contributed by atoms with Crippen LogP contribution in [0.3, 0.4) is 0 Å². The van der Waals surface area contributed by atoms with Gasteiger partial charge in [0, 0.05) is 12.1 Å². The molecule has 0 bridgehead atoms. The lowest BCUT2D eigenvalue weighted by atomic mass is 9.87. The second-order valence-corrected chi connectivity index (χ2v) is 7.06. The third kappa shape index (κ3) is 4.07. The second-order valence-electron chi connectivity index (χ2n) is 7.06. The number of methoxy groups -OCH3 is 1. The molecule has 1 N–H and O–H groups in total. The second kappa shape index (κ2) is 8.37. The maximum absolute atomic E-state index is 12.8. The number of likely N-dealkylation sites (N-methyl/N-ethyl adjacent to an activating group) is 1. The van der Waals surface area contributed by atoms with Crippen LogP contribution < -0.4 is 10.1 Å². The Balaban J connectivity index is 1.65. The highest BCUT2D eigenvalue weighted by atomic mass is 16.5. The number of rotatable bonds is 6. The lowest BCUT2D eigenvalue weighted by molar-refractivity contribution is -0.126. The molecule has 0 heterocycles. The van der Waals surface area contributed by atoms with E-state index in [1.54, 1.807) is 7.11 Å². The molecule has 4 nitrogen and oxygen atoms in total. The Morgan fingerprint density at radius 2 is 1.96 bits per heavy atom. The first-order valence-corrected chi connectivity index (χ1v) is 9.30. The molecule has 0 saturated heterocycles. The first kappa shape index (κ1) is 18.5. The Morgan fingerprint density at radius 1 is 1.23 bits per heavy atom. The van der Waals surface area contributed by atoms with E-state index >= 15 is 0 Å². The van der Waals surface area contributed by atoms with Crippen LogP contribution in [-0.2, 0) is 17.8 Å². The van der Waals surface area contributed by atoms with Gasteiger partial charge in [0.2, 0.25) is 5.91 Å². The average molecular weight is 352 g/mol. The summed E-state index contributed by atoms with van der Waals surface area (Å²) < 4.78 is 5.42. The molecule has 0 fully saturated rings. The van der Waals surface area contributed by atoms with Crippen LogP contribution in [-0.4, -0.2) is 31.0 Å². The fraction of sp³-hybridized carbons (Fsp3) is 0.409. The summed E-state index contributed by atoms with van der Waals surface area (Å²) in [6.45, 7) is 2.62. The Morgan fingerprint density at radius 3 is 2.77 bits per heavy atom. The topological polar surface area (TPSA) is 41.6 Å². The monoisotopic (exact) mass is 352 g/mol. The molecule has 0 saturated carbocycles. The minimum absolute atomic E-state index is 0.0732. The molecule has 2 aromatic carbocycles. The van der Waals surface area contributed by atoms with Gasteiger partial charge in [-0.2, -0.15) is 0 Å². The van der Waals surface area contributed by atoms with Crippen molar-refractivity contribution in [1.82, 2.24) is 10.2 Å². The van der Waals surface area contributed by atoms with E-state index in [-0.39, 0.29) is 18.0 Å². The summed E-state index contributed by atoms with van der Waals surface area (Å²) in [4.78, 5) is 14.9. The van der Waals surface area contributed by atoms with Gasteiger partial charge in [-0.05, 0) is 50.4 Å². The molecule has 1 aliphatic carbocycles. The zero-order valence-corrected chi connectivity index (χ0v) is 15.9. The van der Waals surface area contributed by atoms with Crippen molar-refractivity contribution < 1.29 is 9.53 Å². The highest BCUT2D eigenvalue weighted by molar-refractivity contribution is 5.81. The van der Waals surface area contributed by atoms with Crippen LogP contribution in [0.25, 0.3) is 0 Å². The van der Waals surface area contributed by atoms with E-state index in [1.165, 1.54) is 11.1 Å². The van der Waals surface area contributed by atoms with Crippen molar-refractivity contribution in [3.05, 3.63) is 65.2 Å². The van der Waals surface area contributed by atoms with E-state index in [4.69, 9.17) is 4.74 Å². The van der Waals surface area contributed by atoms with Gasteiger partial charge in [-0.25, -0.2) is 0 Å². The van der Waals surface area contributed by atoms with Gasteiger partial charge in [0.25, 0.3) is 0 Å². The van der Waals surface area contributed by atoms with E-state index < -0.39 is 0 Å². The SMILES string of the molecule is COc1ccccc1CN(C)[C@@H](C)C(=O)N[C@H]1CCCc2ccccc21. The standard InChI is InChI=1S/C22H28N2O2/c1-16(24(2)15-18-10-5-7-14-21(18)26-3)22(25)23-20-13-8-11-17-9-4-6-12-19(17)20/h4-7,9-10,12,14,16,20H,8,11,13,15H2,1-3H3,(H,23,25)/t16-,20-/m0/s1. The molecule has 138 valence electrons. The van der Waals surface area contributed by atoms with Crippen LogP contribution in [0.5, 0.6) is 5.75 Å². The van der Waals surface area contributed by atoms with E-state index in [0.29, 0.717) is 6.54 Å². The number of hydrogen-bond donors (Lipinski definition) is 1. The molecule has 0 aromatic heterocycles. The molecule has 2 aromatic rings. The number of para-hydroxylation sites is 1. The van der Waals surface area contributed by atoms with Gasteiger partial charge in [0.1, 0.15) is 5.75 Å².